The minimum absolute atomic E-state index is 0. The van der Waals surface area contributed by atoms with Crippen LogP contribution in [-0.2, 0) is 19.2 Å². The first-order valence-electron chi connectivity index (χ1n) is 11.6. The number of carboxylic acids is 1. The van der Waals surface area contributed by atoms with E-state index in [1.807, 2.05) is 0 Å². The Bertz CT molecular complexity index is 1260. The molecule has 2 amide bonds. The van der Waals surface area contributed by atoms with Crippen molar-refractivity contribution in [2.45, 2.75) is 30.3 Å². The maximum Gasteiger partial charge on any atom is 1.00 e. The summed E-state index contributed by atoms with van der Waals surface area (Å²) in [5, 5.41) is 34.1. The van der Waals surface area contributed by atoms with Crippen LogP contribution in [0.4, 0.5) is 5.13 Å². The van der Waals surface area contributed by atoms with Gasteiger partial charge in [0.05, 0.1) is 17.7 Å². The number of hydrogen-bond donors (Lipinski definition) is 5. The van der Waals surface area contributed by atoms with Gasteiger partial charge in [0.25, 0.3) is 11.8 Å². The van der Waals surface area contributed by atoms with Gasteiger partial charge in [-0.05, 0) is 25.0 Å². The van der Waals surface area contributed by atoms with Crippen LogP contribution < -0.4 is 56.3 Å². The molecular weight excluding hydrogens is 545 g/mol. The van der Waals surface area contributed by atoms with Crippen LogP contribution in [0.15, 0.2) is 33.5 Å². The average molecular weight is 570 g/mol. The Morgan fingerprint density at radius 3 is 2.79 bits per heavy atom. The van der Waals surface area contributed by atoms with Gasteiger partial charge in [-0.25, -0.2) is 4.98 Å². The fourth-order valence-corrected chi connectivity index (χ4v) is 6.82. The van der Waals surface area contributed by atoms with Crippen LogP contribution in [-0.4, -0.2) is 87.2 Å². The molecule has 16 heteroatoms. The number of nitrogen functional groups attached to an aromatic ring is 1. The zero-order chi connectivity index (χ0) is 26.3. The summed E-state index contributed by atoms with van der Waals surface area (Å²) < 4.78 is 0. The van der Waals surface area contributed by atoms with Crippen LogP contribution in [0.5, 0.6) is 0 Å². The first kappa shape index (κ1) is 28.7. The number of hydrogen-bond acceptors (Lipinski definition) is 13. The molecule has 1 aromatic rings. The molecular formula is C22H24N7NaO6S2. The molecule has 0 bridgehead atoms. The van der Waals surface area contributed by atoms with Gasteiger partial charge in [-0.2, -0.15) is 0 Å². The van der Waals surface area contributed by atoms with Crippen molar-refractivity contribution in [2.24, 2.45) is 11.1 Å². The third-order valence-electron chi connectivity index (χ3n) is 6.78. The van der Waals surface area contributed by atoms with E-state index in [1.165, 1.54) is 17.1 Å². The number of aliphatic carboxylic acids is 1. The van der Waals surface area contributed by atoms with Gasteiger partial charge >= 0.3 is 29.6 Å². The number of thiazole rings is 1. The van der Waals surface area contributed by atoms with Gasteiger partial charge in [-0.1, -0.05) is 16.8 Å². The molecule has 3 saturated heterocycles. The molecule has 196 valence electrons. The number of carboxylic acid groups (broad SMARTS) is 1. The van der Waals surface area contributed by atoms with Crippen LogP contribution in [0, 0.1) is 5.92 Å². The maximum atomic E-state index is 12.9. The van der Waals surface area contributed by atoms with E-state index in [9.17, 15) is 29.5 Å². The molecule has 4 aliphatic rings. The number of oxime groups is 1. The Balaban J connectivity index is 0.00000336. The number of nitrogens with zero attached hydrogens (tertiary/aromatic N) is 3. The summed E-state index contributed by atoms with van der Waals surface area (Å²) in [6.45, 7) is 1.95. The number of anilines is 1. The van der Waals surface area contributed by atoms with Gasteiger partial charge in [0, 0.05) is 30.1 Å². The Kier molecular flexibility index (Phi) is 8.96. The van der Waals surface area contributed by atoms with Gasteiger partial charge in [0.15, 0.2) is 16.6 Å². The van der Waals surface area contributed by atoms with Crippen molar-refractivity contribution in [3.63, 3.8) is 0 Å². The zero-order valence-corrected chi connectivity index (χ0v) is 24.1. The summed E-state index contributed by atoms with van der Waals surface area (Å²) >= 11 is 2.34. The van der Waals surface area contributed by atoms with Gasteiger partial charge < -0.3 is 36.8 Å². The molecule has 4 atom stereocenters. The Labute approximate surface area is 247 Å². The van der Waals surface area contributed by atoms with E-state index in [0.29, 0.717) is 25.1 Å². The van der Waals surface area contributed by atoms with E-state index in [2.05, 4.69) is 26.1 Å². The van der Waals surface area contributed by atoms with E-state index >= 15 is 0 Å². The maximum absolute atomic E-state index is 12.9. The molecule has 6 N–H and O–H groups in total. The monoisotopic (exact) mass is 569 g/mol. The molecule has 38 heavy (non-hydrogen) atoms. The van der Waals surface area contributed by atoms with Crippen molar-refractivity contribution in [3.05, 3.63) is 34.0 Å². The number of allylic oxidation sites excluding steroid dienone is 1. The van der Waals surface area contributed by atoms with Crippen LogP contribution in [0.3, 0.4) is 0 Å². The van der Waals surface area contributed by atoms with Crippen LogP contribution >= 0.6 is 23.1 Å². The zero-order valence-electron chi connectivity index (χ0n) is 20.4. The summed E-state index contributed by atoms with van der Waals surface area (Å²) in [5.41, 5.74) is 6.26. The number of nitrogens with one attached hydrogen (secondary N) is 3. The second kappa shape index (κ2) is 11.9. The second-order valence-electron chi connectivity index (χ2n) is 9.07. The summed E-state index contributed by atoms with van der Waals surface area (Å²) in [5.74, 6) is -2.56. The van der Waals surface area contributed by atoms with Crippen molar-refractivity contribution >= 4 is 57.5 Å². The molecule has 5 heterocycles. The Morgan fingerprint density at radius 1 is 1.37 bits per heavy atom. The predicted octanol–water partition coefficient (Wildman–Crippen LogP) is -5.22. The minimum atomic E-state index is -1.50. The molecule has 0 spiro atoms. The topological polar surface area (TPSA) is 202 Å². The van der Waals surface area contributed by atoms with E-state index in [0.717, 1.165) is 34.8 Å². The first-order chi connectivity index (χ1) is 17.8. The molecule has 0 saturated carbocycles. The van der Waals surface area contributed by atoms with Crippen molar-refractivity contribution in [1.82, 2.24) is 25.8 Å². The number of Topliss-reactive ketones (excluding diaryl/α,β-unsaturated/α-hetero) is 1. The van der Waals surface area contributed by atoms with Crippen LogP contribution in [0.2, 0.25) is 0 Å². The molecule has 0 aliphatic carbocycles. The Morgan fingerprint density at radius 2 is 2.16 bits per heavy atom. The number of amides is 2. The van der Waals surface area contributed by atoms with Crippen LogP contribution in [0.1, 0.15) is 18.5 Å². The first-order valence-corrected chi connectivity index (χ1v) is 13.5. The van der Waals surface area contributed by atoms with Crippen molar-refractivity contribution < 1.29 is 59.0 Å². The van der Waals surface area contributed by atoms with E-state index in [-0.39, 0.29) is 69.6 Å². The minimum Gasteiger partial charge on any atom is -0.543 e. The standard InChI is InChI=1S/C22H25N7O6S2.Na/c23-22-26-13(8-37-22)14(28-35)18(31)27-15-19(32)29-16(21(33)34)11(7-36-20(15)29)3-9-4-12(25-5-9)17(30)10-1-2-24-6-10;/h3,8,10,12,15,20,24-25,35H,1-2,4-7H2,(H2,23,26)(H,27,31)(H,33,34);/q;+1/p-1/b9-3-,28-14-;/t10?,12?,15-,20-;/m1./s1. The van der Waals surface area contributed by atoms with Gasteiger partial charge in [0.1, 0.15) is 17.1 Å². The molecule has 5 rings (SSSR count). The molecule has 13 nitrogen and oxygen atoms in total. The van der Waals surface area contributed by atoms with E-state index < -0.39 is 34.9 Å². The second-order valence-corrected chi connectivity index (χ2v) is 11.1. The average Bonchev–Trinajstić information content (AvgIpc) is 3.65. The predicted molar refractivity (Wildman–Crippen MR) is 132 cm³/mol. The number of aromatic nitrogens is 1. The molecule has 0 radical (unpaired) electrons. The van der Waals surface area contributed by atoms with E-state index in [1.54, 1.807) is 6.08 Å². The molecule has 2 unspecified atom stereocenters. The quantitative estimate of drug-likeness (QED) is 0.0690. The number of rotatable bonds is 7. The van der Waals surface area contributed by atoms with Crippen molar-refractivity contribution in [2.75, 3.05) is 31.1 Å². The number of ketones is 1. The normalized spacial score (nSPS) is 28.1. The van der Waals surface area contributed by atoms with Gasteiger partial charge in [-0.15, -0.1) is 23.1 Å². The number of carbonyl (C=O) groups is 4. The van der Waals surface area contributed by atoms with Crippen molar-refractivity contribution in [1.29, 1.82) is 0 Å². The number of carbonyl (C=O) groups excluding carboxylic acids is 4. The largest absolute Gasteiger partial charge is 1.00 e. The fraction of sp³-hybridized carbons (Fsp3) is 0.455. The third kappa shape index (κ3) is 5.41. The smallest absolute Gasteiger partial charge is 0.543 e. The van der Waals surface area contributed by atoms with Gasteiger partial charge in [0.2, 0.25) is 0 Å². The summed E-state index contributed by atoms with van der Waals surface area (Å²) in [6, 6.07) is -1.34. The molecule has 4 aliphatic heterocycles. The third-order valence-corrected chi connectivity index (χ3v) is 8.76. The number of nitrogens with two attached hydrogens (primary N) is 1. The summed E-state index contributed by atoms with van der Waals surface area (Å²) in [7, 11) is 0. The van der Waals surface area contributed by atoms with Crippen molar-refractivity contribution in [3.8, 4) is 0 Å². The molecule has 3 fully saturated rings. The SMILES string of the molecule is Nc1nc(/C(=N/O)C(=O)N[C@@H]2C(=O)N3C(C(=O)[O-])=C(/C=C4\CNC(C(=O)C5CCNC5)C4)CS[C@H]23)cs1.[Na+]. The molecule has 0 aromatic carbocycles. The number of fused-ring (bicyclic) bond motifs is 1. The van der Waals surface area contributed by atoms with E-state index in [4.69, 9.17) is 5.73 Å². The fourth-order valence-electron chi connectivity index (χ4n) is 4.96. The summed E-state index contributed by atoms with van der Waals surface area (Å²) in [4.78, 5) is 55.4. The van der Waals surface area contributed by atoms with Crippen LogP contribution in [0.25, 0.3) is 0 Å². The number of thioether (sulfide) groups is 1. The van der Waals surface area contributed by atoms with Gasteiger partial charge in [-0.3, -0.25) is 19.3 Å². The Hall–Kier alpha value is -2.27. The summed E-state index contributed by atoms with van der Waals surface area (Å²) in [6.07, 6.45) is 3.01. The number of β-lactam (4-membered cyclic amide) rings is 1. The molecule has 1 aromatic heterocycles.